The van der Waals surface area contributed by atoms with Gasteiger partial charge in [0.15, 0.2) is 0 Å². The third kappa shape index (κ3) is 4.45. The van der Waals surface area contributed by atoms with Crippen molar-refractivity contribution in [1.29, 1.82) is 0 Å². The molecule has 2 saturated carbocycles. The molecule has 21 heavy (non-hydrogen) atoms. The lowest BCUT2D eigenvalue weighted by Gasteiger charge is -2.40. The molecule has 0 spiro atoms. The zero-order chi connectivity index (χ0) is 15.3. The van der Waals surface area contributed by atoms with Gasteiger partial charge in [0.25, 0.3) is 0 Å². The van der Waals surface area contributed by atoms with E-state index < -0.39 is 0 Å². The minimum absolute atomic E-state index is 0.0726. The van der Waals surface area contributed by atoms with Crippen LogP contribution >= 0.6 is 0 Å². The molecule has 2 aliphatic rings. The molecule has 0 radical (unpaired) electrons. The molecule has 3 heteroatoms. The van der Waals surface area contributed by atoms with Gasteiger partial charge in [0.2, 0.25) is 5.91 Å². The van der Waals surface area contributed by atoms with Crippen LogP contribution in [0.1, 0.15) is 78.1 Å². The quantitative estimate of drug-likeness (QED) is 0.809. The van der Waals surface area contributed by atoms with Crippen molar-refractivity contribution in [3.63, 3.8) is 0 Å². The molecule has 0 heterocycles. The summed E-state index contributed by atoms with van der Waals surface area (Å²) >= 11 is 0. The fourth-order valence-corrected chi connectivity index (χ4v) is 4.20. The molecule has 0 aromatic carbocycles. The molecular formula is C18H34N2O. The standard InChI is InChI=1S/C18H34N2O/c1-15(2)14-20(16-9-5-6-10-16)17(21)13-18(19-3)11-7-4-8-12-18/h15-16,19H,4-14H2,1-3H3. The predicted octanol–water partition coefficient (Wildman–Crippen LogP) is 3.73. The second kappa shape index (κ2) is 7.62. The van der Waals surface area contributed by atoms with E-state index in [-0.39, 0.29) is 5.54 Å². The van der Waals surface area contributed by atoms with Crippen molar-refractivity contribution in [1.82, 2.24) is 10.2 Å². The number of hydrogen-bond acceptors (Lipinski definition) is 2. The van der Waals surface area contributed by atoms with E-state index in [4.69, 9.17) is 0 Å². The van der Waals surface area contributed by atoms with Gasteiger partial charge in [0.05, 0.1) is 0 Å². The SMILES string of the molecule is CNC1(CC(=O)N(CC(C)C)C2CCCC2)CCCCC1. The number of carbonyl (C=O) groups is 1. The summed E-state index contributed by atoms with van der Waals surface area (Å²) < 4.78 is 0. The van der Waals surface area contributed by atoms with Crippen molar-refractivity contribution in [2.45, 2.75) is 89.6 Å². The van der Waals surface area contributed by atoms with Crippen LogP contribution in [0.25, 0.3) is 0 Å². The van der Waals surface area contributed by atoms with Gasteiger partial charge in [-0.05, 0) is 38.6 Å². The zero-order valence-corrected chi connectivity index (χ0v) is 14.3. The highest BCUT2D eigenvalue weighted by Gasteiger charge is 2.36. The molecule has 3 nitrogen and oxygen atoms in total. The van der Waals surface area contributed by atoms with E-state index in [1.807, 2.05) is 7.05 Å². The van der Waals surface area contributed by atoms with Crippen LogP contribution < -0.4 is 5.32 Å². The van der Waals surface area contributed by atoms with Crippen LogP contribution in [0.3, 0.4) is 0 Å². The van der Waals surface area contributed by atoms with Crippen LogP contribution in [0.4, 0.5) is 0 Å². The summed E-state index contributed by atoms with van der Waals surface area (Å²) in [6.07, 6.45) is 11.9. The van der Waals surface area contributed by atoms with Crippen molar-refractivity contribution in [3.8, 4) is 0 Å². The van der Waals surface area contributed by atoms with Crippen molar-refractivity contribution in [3.05, 3.63) is 0 Å². The van der Waals surface area contributed by atoms with Gasteiger partial charge in [0.1, 0.15) is 0 Å². The van der Waals surface area contributed by atoms with Gasteiger partial charge in [-0.15, -0.1) is 0 Å². The van der Waals surface area contributed by atoms with E-state index in [9.17, 15) is 4.79 Å². The first-order valence-electron chi connectivity index (χ1n) is 9.05. The molecule has 122 valence electrons. The highest BCUT2D eigenvalue weighted by molar-refractivity contribution is 5.78. The van der Waals surface area contributed by atoms with E-state index in [0.29, 0.717) is 24.3 Å². The van der Waals surface area contributed by atoms with Crippen LogP contribution in [0.15, 0.2) is 0 Å². The summed E-state index contributed by atoms with van der Waals surface area (Å²) in [4.78, 5) is 15.2. The smallest absolute Gasteiger partial charge is 0.224 e. The molecular weight excluding hydrogens is 260 g/mol. The maximum absolute atomic E-state index is 13.0. The number of hydrogen-bond donors (Lipinski definition) is 1. The van der Waals surface area contributed by atoms with Gasteiger partial charge in [-0.25, -0.2) is 0 Å². The van der Waals surface area contributed by atoms with E-state index in [1.54, 1.807) is 0 Å². The summed E-state index contributed by atoms with van der Waals surface area (Å²) in [6.45, 7) is 5.39. The fourth-order valence-electron chi connectivity index (χ4n) is 4.20. The Morgan fingerprint density at radius 1 is 1.14 bits per heavy atom. The monoisotopic (exact) mass is 294 g/mol. The predicted molar refractivity (Wildman–Crippen MR) is 88.3 cm³/mol. The lowest BCUT2D eigenvalue weighted by molar-refractivity contribution is -0.136. The number of rotatable bonds is 6. The van der Waals surface area contributed by atoms with E-state index in [0.717, 1.165) is 19.4 Å². The summed E-state index contributed by atoms with van der Waals surface area (Å²) in [5.41, 5.74) is 0.0726. The Morgan fingerprint density at radius 3 is 2.29 bits per heavy atom. The normalized spacial score (nSPS) is 22.7. The van der Waals surface area contributed by atoms with Crippen LogP contribution in [-0.4, -0.2) is 36.0 Å². The first-order chi connectivity index (χ1) is 10.1. The van der Waals surface area contributed by atoms with Crippen LogP contribution in [0.2, 0.25) is 0 Å². The van der Waals surface area contributed by atoms with Crippen molar-refractivity contribution in [2.75, 3.05) is 13.6 Å². The molecule has 1 N–H and O–H groups in total. The summed E-state index contributed by atoms with van der Waals surface area (Å²) in [5.74, 6) is 0.957. The molecule has 0 bridgehead atoms. The Hall–Kier alpha value is -0.570. The Kier molecular flexibility index (Phi) is 6.09. The van der Waals surface area contributed by atoms with Gasteiger partial charge in [0, 0.05) is 24.5 Å². The summed E-state index contributed by atoms with van der Waals surface area (Å²) in [7, 11) is 2.04. The van der Waals surface area contributed by atoms with E-state index >= 15 is 0 Å². The van der Waals surface area contributed by atoms with E-state index in [2.05, 4.69) is 24.1 Å². The highest BCUT2D eigenvalue weighted by Crippen LogP contribution is 2.33. The largest absolute Gasteiger partial charge is 0.339 e. The van der Waals surface area contributed by atoms with Crippen LogP contribution in [-0.2, 0) is 4.79 Å². The minimum atomic E-state index is 0.0726. The second-order valence-corrected chi connectivity index (χ2v) is 7.65. The average molecular weight is 294 g/mol. The maximum Gasteiger partial charge on any atom is 0.224 e. The lowest BCUT2D eigenvalue weighted by Crippen LogP contribution is -2.51. The van der Waals surface area contributed by atoms with Crippen molar-refractivity contribution < 1.29 is 4.79 Å². The molecule has 2 aliphatic carbocycles. The number of carbonyl (C=O) groups excluding carboxylic acids is 1. The van der Waals surface area contributed by atoms with Crippen LogP contribution in [0.5, 0.6) is 0 Å². The minimum Gasteiger partial charge on any atom is -0.339 e. The van der Waals surface area contributed by atoms with Gasteiger partial charge in [-0.1, -0.05) is 46.0 Å². The molecule has 0 atom stereocenters. The molecule has 0 aromatic rings. The lowest BCUT2D eigenvalue weighted by atomic mass is 9.79. The van der Waals surface area contributed by atoms with Crippen LogP contribution in [0, 0.1) is 5.92 Å². The fraction of sp³-hybridized carbons (Fsp3) is 0.944. The topological polar surface area (TPSA) is 32.3 Å². The molecule has 0 saturated heterocycles. The Balaban J connectivity index is 2.02. The second-order valence-electron chi connectivity index (χ2n) is 7.65. The highest BCUT2D eigenvalue weighted by atomic mass is 16.2. The Labute approximate surface area is 130 Å². The van der Waals surface area contributed by atoms with Gasteiger partial charge in [-0.3, -0.25) is 4.79 Å². The average Bonchev–Trinajstić information content (AvgIpc) is 2.99. The first-order valence-corrected chi connectivity index (χ1v) is 9.05. The molecule has 0 aromatic heterocycles. The van der Waals surface area contributed by atoms with Gasteiger partial charge in [-0.2, -0.15) is 0 Å². The van der Waals surface area contributed by atoms with Crippen molar-refractivity contribution in [2.24, 2.45) is 5.92 Å². The number of nitrogens with zero attached hydrogens (tertiary/aromatic N) is 1. The third-order valence-corrected chi connectivity index (χ3v) is 5.48. The van der Waals surface area contributed by atoms with Gasteiger partial charge >= 0.3 is 0 Å². The molecule has 0 unspecified atom stereocenters. The molecule has 2 rings (SSSR count). The maximum atomic E-state index is 13.0. The Bertz CT molecular complexity index is 328. The molecule has 2 fully saturated rings. The third-order valence-electron chi connectivity index (χ3n) is 5.48. The zero-order valence-electron chi connectivity index (χ0n) is 14.3. The summed E-state index contributed by atoms with van der Waals surface area (Å²) in [6, 6.07) is 0.511. The number of nitrogens with one attached hydrogen (secondary N) is 1. The van der Waals surface area contributed by atoms with Gasteiger partial charge < -0.3 is 10.2 Å². The van der Waals surface area contributed by atoms with Crippen molar-refractivity contribution >= 4 is 5.91 Å². The first kappa shape index (κ1) is 16.8. The summed E-state index contributed by atoms with van der Waals surface area (Å²) in [5, 5.41) is 3.50. The van der Waals surface area contributed by atoms with E-state index in [1.165, 1.54) is 44.9 Å². The molecule has 0 aliphatic heterocycles. The number of amides is 1. The molecule has 1 amide bonds. The Morgan fingerprint density at radius 2 is 1.76 bits per heavy atom.